The maximum atomic E-state index is 13.6. The van der Waals surface area contributed by atoms with Crippen LogP contribution >= 0.6 is 0 Å². The maximum absolute atomic E-state index is 13.6. The van der Waals surface area contributed by atoms with Crippen molar-refractivity contribution in [3.8, 4) is 22.8 Å². The fourth-order valence-corrected chi connectivity index (χ4v) is 6.63. The SMILES string of the molecule is COC(=O)C(Cc1ccc(CO)cc1)NC(=O)c1ccc2c(C3CCCCC3)c3n(c2c1)CCOc1cc(OC)ccc1-3. The highest BCUT2D eigenvalue weighted by Gasteiger charge is 2.30. The van der Waals surface area contributed by atoms with Crippen LogP contribution in [0.2, 0.25) is 0 Å². The molecule has 1 fully saturated rings. The Balaban J connectivity index is 1.38. The molecule has 0 spiro atoms. The minimum absolute atomic E-state index is 0.0578. The van der Waals surface area contributed by atoms with Gasteiger partial charge in [-0.15, -0.1) is 0 Å². The minimum Gasteiger partial charge on any atom is -0.497 e. The Labute approximate surface area is 251 Å². The molecule has 2 N–H and O–H groups in total. The summed E-state index contributed by atoms with van der Waals surface area (Å²) in [5.41, 5.74) is 6.64. The fourth-order valence-electron chi connectivity index (χ4n) is 6.63. The molecule has 1 atom stereocenters. The van der Waals surface area contributed by atoms with Gasteiger partial charge in [0.05, 0.1) is 33.1 Å². The molecule has 1 aromatic heterocycles. The molecule has 2 aliphatic rings. The summed E-state index contributed by atoms with van der Waals surface area (Å²) in [5, 5.41) is 13.4. The molecule has 2 heterocycles. The average molecular weight is 583 g/mol. The Morgan fingerprint density at radius 1 is 1.00 bits per heavy atom. The van der Waals surface area contributed by atoms with E-state index in [-0.39, 0.29) is 18.9 Å². The molecule has 8 heteroatoms. The van der Waals surface area contributed by atoms with Crippen LogP contribution in [0.25, 0.3) is 22.2 Å². The number of carbonyl (C=O) groups excluding carboxylic acids is 2. The third kappa shape index (κ3) is 5.71. The molecule has 1 unspecified atom stereocenters. The van der Waals surface area contributed by atoms with Gasteiger partial charge < -0.3 is 29.2 Å². The van der Waals surface area contributed by atoms with Crippen LogP contribution in [-0.2, 0) is 29.1 Å². The lowest BCUT2D eigenvalue weighted by Crippen LogP contribution is -2.43. The molecule has 43 heavy (non-hydrogen) atoms. The lowest BCUT2D eigenvalue weighted by atomic mass is 9.81. The van der Waals surface area contributed by atoms with Gasteiger partial charge in [-0.1, -0.05) is 49.6 Å². The molecule has 1 amide bonds. The summed E-state index contributed by atoms with van der Waals surface area (Å²) in [6.45, 7) is 1.09. The topological polar surface area (TPSA) is 99.0 Å². The van der Waals surface area contributed by atoms with Crippen molar-refractivity contribution in [2.75, 3.05) is 20.8 Å². The summed E-state index contributed by atoms with van der Waals surface area (Å²) >= 11 is 0. The second-order valence-corrected chi connectivity index (χ2v) is 11.4. The standard InChI is InChI=1S/C35H38N2O6/c1-41-26-13-15-28-31(20-26)43-17-16-37-30-19-25(12-14-27(30)32(33(28)37)24-6-4-3-5-7-24)34(39)36-29(35(40)42-2)18-22-8-10-23(21-38)11-9-22/h8-15,19-20,24,29,38H,3-7,16-18,21H2,1-2H3,(H,36,39). The van der Waals surface area contributed by atoms with E-state index in [1.54, 1.807) is 19.2 Å². The number of rotatable bonds is 8. The summed E-state index contributed by atoms with van der Waals surface area (Å²) in [7, 11) is 2.98. The molecule has 8 nitrogen and oxygen atoms in total. The van der Waals surface area contributed by atoms with Crippen LogP contribution in [0.4, 0.5) is 0 Å². The molecule has 1 aliphatic carbocycles. The number of nitrogens with one attached hydrogen (secondary N) is 1. The van der Waals surface area contributed by atoms with Crippen LogP contribution in [0.5, 0.6) is 11.5 Å². The van der Waals surface area contributed by atoms with E-state index in [1.807, 2.05) is 36.4 Å². The number of aromatic nitrogens is 1. The van der Waals surface area contributed by atoms with Gasteiger partial charge in [0.15, 0.2) is 0 Å². The molecule has 1 aliphatic heterocycles. The number of aliphatic hydroxyl groups excluding tert-OH is 1. The van der Waals surface area contributed by atoms with E-state index in [1.165, 1.54) is 31.9 Å². The lowest BCUT2D eigenvalue weighted by molar-refractivity contribution is -0.142. The van der Waals surface area contributed by atoms with Crippen LogP contribution < -0.4 is 14.8 Å². The number of hydrogen-bond acceptors (Lipinski definition) is 6. The largest absolute Gasteiger partial charge is 0.497 e. The van der Waals surface area contributed by atoms with Crippen molar-refractivity contribution in [3.63, 3.8) is 0 Å². The molecule has 6 rings (SSSR count). The van der Waals surface area contributed by atoms with E-state index in [2.05, 4.69) is 22.0 Å². The van der Waals surface area contributed by atoms with E-state index >= 15 is 0 Å². The normalized spacial score (nSPS) is 15.5. The van der Waals surface area contributed by atoms with Crippen molar-refractivity contribution in [3.05, 3.63) is 82.9 Å². The number of nitrogens with zero attached hydrogens (tertiary/aromatic N) is 1. The molecular weight excluding hydrogens is 544 g/mol. The van der Waals surface area contributed by atoms with Crippen molar-refractivity contribution in [2.24, 2.45) is 0 Å². The number of methoxy groups -OCH3 is 2. The summed E-state index contributed by atoms with van der Waals surface area (Å²) in [6, 6.07) is 18.3. The predicted octanol–water partition coefficient (Wildman–Crippen LogP) is 5.76. The number of esters is 1. The molecular formula is C35H38N2O6. The summed E-state index contributed by atoms with van der Waals surface area (Å²) in [5.74, 6) is 1.14. The molecule has 0 saturated heterocycles. The molecule has 224 valence electrons. The van der Waals surface area contributed by atoms with Gasteiger partial charge in [-0.2, -0.15) is 0 Å². The summed E-state index contributed by atoms with van der Waals surface area (Å²) < 4.78 is 19.0. The molecule has 1 saturated carbocycles. The number of aliphatic hydroxyl groups is 1. The van der Waals surface area contributed by atoms with Gasteiger partial charge in [-0.25, -0.2) is 4.79 Å². The van der Waals surface area contributed by atoms with Gasteiger partial charge in [0, 0.05) is 34.5 Å². The first kappa shape index (κ1) is 28.8. The first-order chi connectivity index (χ1) is 21.0. The third-order valence-corrected chi connectivity index (χ3v) is 8.83. The Hall–Kier alpha value is -4.30. The van der Waals surface area contributed by atoms with Crippen LogP contribution in [0.15, 0.2) is 60.7 Å². The van der Waals surface area contributed by atoms with Crippen LogP contribution in [0.3, 0.4) is 0 Å². The van der Waals surface area contributed by atoms with Gasteiger partial charge in [-0.3, -0.25) is 4.79 Å². The molecule has 3 aromatic carbocycles. The van der Waals surface area contributed by atoms with E-state index in [9.17, 15) is 14.7 Å². The molecule has 0 bridgehead atoms. The van der Waals surface area contributed by atoms with Gasteiger partial charge in [0.2, 0.25) is 0 Å². The Morgan fingerprint density at radius 2 is 1.77 bits per heavy atom. The fraction of sp³-hybridized carbons (Fsp3) is 0.371. The zero-order valence-electron chi connectivity index (χ0n) is 24.7. The monoisotopic (exact) mass is 582 g/mol. The zero-order valence-corrected chi connectivity index (χ0v) is 24.7. The highest BCUT2D eigenvalue weighted by atomic mass is 16.5. The van der Waals surface area contributed by atoms with Crippen LogP contribution in [0.1, 0.15) is 65.1 Å². The van der Waals surface area contributed by atoms with Crippen LogP contribution in [0, 0.1) is 0 Å². The average Bonchev–Trinajstić information content (AvgIpc) is 3.25. The van der Waals surface area contributed by atoms with Crippen molar-refractivity contribution in [1.29, 1.82) is 0 Å². The van der Waals surface area contributed by atoms with Crippen LogP contribution in [-0.4, -0.2) is 48.4 Å². The predicted molar refractivity (Wildman–Crippen MR) is 165 cm³/mol. The quantitative estimate of drug-likeness (QED) is 0.256. The van der Waals surface area contributed by atoms with Crippen molar-refractivity contribution in [2.45, 2.75) is 63.6 Å². The number of ether oxygens (including phenoxy) is 3. The number of fused-ring (bicyclic) bond motifs is 5. The number of carbonyl (C=O) groups is 2. The number of amides is 1. The molecule has 4 aromatic rings. The Kier molecular flexibility index (Phi) is 8.38. The second-order valence-electron chi connectivity index (χ2n) is 11.4. The van der Waals surface area contributed by atoms with Gasteiger partial charge in [-0.05, 0) is 59.7 Å². The van der Waals surface area contributed by atoms with Crippen molar-refractivity contribution in [1.82, 2.24) is 9.88 Å². The smallest absolute Gasteiger partial charge is 0.328 e. The highest BCUT2D eigenvalue weighted by Crippen LogP contribution is 2.47. The van der Waals surface area contributed by atoms with Crippen molar-refractivity contribution < 1.29 is 28.9 Å². The highest BCUT2D eigenvalue weighted by molar-refractivity contribution is 6.02. The number of benzene rings is 3. The zero-order chi connectivity index (χ0) is 29.9. The van der Waals surface area contributed by atoms with E-state index in [0.29, 0.717) is 24.6 Å². The Morgan fingerprint density at radius 3 is 2.49 bits per heavy atom. The first-order valence-electron chi connectivity index (χ1n) is 15.1. The second kappa shape index (κ2) is 12.5. The van der Waals surface area contributed by atoms with E-state index < -0.39 is 12.0 Å². The van der Waals surface area contributed by atoms with Gasteiger partial charge in [0.25, 0.3) is 5.91 Å². The summed E-state index contributed by atoms with van der Waals surface area (Å²) in [4.78, 5) is 26.3. The van der Waals surface area contributed by atoms with E-state index in [4.69, 9.17) is 14.2 Å². The van der Waals surface area contributed by atoms with Gasteiger partial charge in [0.1, 0.15) is 24.1 Å². The molecule has 0 radical (unpaired) electrons. The lowest BCUT2D eigenvalue weighted by Gasteiger charge is -2.23. The Bertz CT molecular complexity index is 1630. The first-order valence-corrected chi connectivity index (χ1v) is 15.1. The number of hydrogen-bond donors (Lipinski definition) is 2. The third-order valence-electron chi connectivity index (χ3n) is 8.83. The minimum atomic E-state index is -0.856. The maximum Gasteiger partial charge on any atom is 0.328 e. The van der Waals surface area contributed by atoms with E-state index in [0.717, 1.165) is 57.6 Å². The van der Waals surface area contributed by atoms with Gasteiger partial charge >= 0.3 is 5.97 Å². The van der Waals surface area contributed by atoms with Crippen molar-refractivity contribution >= 4 is 22.8 Å². The summed E-state index contributed by atoms with van der Waals surface area (Å²) in [6.07, 6.45) is 6.23.